The standard InChI is InChI=1S/C18H31N3/c1-5-9-19-17(6-2)18-8-7-16(11-20-18)21-12-14(3)10-15(4)13-21/h7-8,11,14-15,17,19H,5-6,9-10,12-13H2,1-4H3. The Hall–Kier alpha value is -1.09. The molecule has 2 heterocycles. The molecule has 21 heavy (non-hydrogen) atoms. The van der Waals surface area contributed by atoms with Crippen molar-refractivity contribution in [1.82, 2.24) is 10.3 Å². The van der Waals surface area contributed by atoms with E-state index in [9.17, 15) is 0 Å². The normalized spacial score (nSPS) is 24.1. The van der Waals surface area contributed by atoms with Crippen LogP contribution in [0.2, 0.25) is 0 Å². The zero-order valence-corrected chi connectivity index (χ0v) is 14.1. The fourth-order valence-corrected chi connectivity index (χ4v) is 3.44. The van der Waals surface area contributed by atoms with Crippen molar-refractivity contribution in [2.75, 3.05) is 24.5 Å². The third kappa shape index (κ3) is 4.44. The molecule has 0 aromatic carbocycles. The molecular formula is C18H31N3. The molecule has 1 N–H and O–H groups in total. The minimum Gasteiger partial charge on any atom is -0.370 e. The maximum absolute atomic E-state index is 4.72. The Morgan fingerprint density at radius 3 is 2.48 bits per heavy atom. The first-order chi connectivity index (χ1) is 10.1. The fraction of sp³-hybridized carbons (Fsp3) is 0.722. The maximum atomic E-state index is 4.72. The van der Waals surface area contributed by atoms with E-state index in [0.29, 0.717) is 6.04 Å². The van der Waals surface area contributed by atoms with Gasteiger partial charge in [0.1, 0.15) is 0 Å². The molecule has 118 valence electrons. The molecule has 0 radical (unpaired) electrons. The first-order valence-electron chi connectivity index (χ1n) is 8.58. The molecule has 0 bridgehead atoms. The van der Waals surface area contributed by atoms with Crippen molar-refractivity contribution >= 4 is 5.69 Å². The third-order valence-corrected chi connectivity index (χ3v) is 4.41. The Balaban J connectivity index is 2.03. The quantitative estimate of drug-likeness (QED) is 0.857. The van der Waals surface area contributed by atoms with E-state index >= 15 is 0 Å². The predicted octanol–water partition coefficient (Wildman–Crippen LogP) is 4.01. The van der Waals surface area contributed by atoms with Gasteiger partial charge in [-0.05, 0) is 49.8 Å². The maximum Gasteiger partial charge on any atom is 0.0574 e. The number of rotatable bonds is 6. The van der Waals surface area contributed by atoms with Gasteiger partial charge in [0.15, 0.2) is 0 Å². The molecule has 0 aliphatic carbocycles. The van der Waals surface area contributed by atoms with Crippen LogP contribution < -0.4 is 10.2 Å². The van der Waals surface area contributed by atoms with E-state index in [4.69, 9.17) is 4.98 Å². The Kier molecular flexibility index (Phi) is 6.04. The average molecular weight is 289 g/mol. The molecule has 1 aliphatic rings. The summed E-state index contributed by atoms with van der Waals surface area (Å²) in [6.07, 6.45) is 5.67. The van der Waals surface area contributed by atoms with Gasteiger partial charge in [0, 0.05) is 19.1 Å². The molecule has 3 nitrogen and oxygen atoms in total. The van der Waals surface area contributed by atoms with E-state index in [1.165, 1.54) is 17.8 Å². The van der Waals surface area contributed by atoms with Crippen molar-refractivity contribution in [3.05, 3.63) is 24.0 Å². The van der Waals surface area contributed by atoms with Crippen molar-refractivity contribution < 1.29 is 0 Å². The summed E-state index contributed by atoms with van der Waals surface area (Å²) in [5, 5.41) is 3.57. The highest BCUT2D eigenvalue weighted by molar-refractivity contribution is 5.45. The molecule has 3 atom stereocenters. The van der Waals surface area contributed by atoms with E-state index in [1.807, 2.05) is 0 Å². The monoisotopic (exact) mass is 289 g/mol. The number of nitrogens with zero attached hydrogens (tertiary/aromatic N) is 2. The van der Waals surface area contributed by atoms with Crippen molar-refractivity contribution in [3.63, 3.8) is 0 Å². The summed E-state index contributed by atoms with van der Waals surface area (Å²) in [7, 11) is 0. The lowest BCUT2D eigenvalue weighted by molar-refractivity contribution is 0.356. The molecule has 1 aliphatic heterocycles. The molecule has 1 aromatic rings. The van der Waals surface area contributed by atoms with E-state index < -0.39 is 0 Å². The lowest BCUT2D eigenvalue weighted by atomic mass is 9.91. The van der Waals surface area contributed by atoms with Crippen LogP contribution in [0, 0.1) is 11.8 Å². The first-order valence-corrected chi connectivity index (χ1v) is 8.58. The highest BCUT2D eigenvalue weighted by Crippen LogP contribution is 2.26. The predicted molar refractivity (Wildman–Crippen MR) is 90.7 cm³/mol. The number of hydrogen-bond donors (Lipinski definition) is 1. The zero-order chi connectivity index (χ0) is 15.2. The Bertz CT molecular complexity index is 405. The van der Waals surface area contributed by atoms with Crippen molar-refractivity contribution in [2.24, 2.45) is 11.8 Å². The van der Waals surface area contributed by atoms with Gasteiger partial charge in [0.25, 0.3) is 0 Å². The van der Waals surface area contributed by atoms with Crippen LogP contribution in [0.5, 0.6) is 0 Å². The Morgan fingerprint density at radius 1 is 1.24 bits per heavy atom. The van der Waals surface area contributed by atoms with Gasteiger partial charge in [0.2, 0.25) is 0 Å². The Morgan fingerprint density at radius 2 is 1.95 bits per heavy atom. The summed E-state index contributed by atoms with van der Waals surface area (Å²) < 4.78 is 0. The van der Waals surface area contributed by atoms with Gasteiger partial charge in [-0.1, -0.05) is 27.7 Å². The van der Waals surface area contributed by atoms with E-state index in [0.717, 1.165) is 44.3 Å². The SMILES string of the molecule is CCCNC(CC)c1ccc(N2CC(C)CC(C)C2)cn1. The van der Waals surface area contributed by atoms with Gasteiger partial charge >= 0.3 is 0 Å². The molecule has 2 rings (SSSR count). The van der Waals surface area contributed by atoms with Crippen molar-refractivity contribution in [2.45, 2.75) is 53.0 Å². The van der Waals surface area contributed by atoms with Gasteiger partial charge in [-0.15, -0.1) is 0 Å². The van der Waals surface area contributed by atoms with Crippen LogP contribution in [0.15, 0.2) is 18.3 Å². The molecule has 1 saturated heterocycles. The largest absolute Gasteiger partial charge is 0.370 e. The summed E-state index contributed by atoms with van der Waals surface area (Å²) in [4.78, 5) is 7.22. The van der Waals surface area contributed by atoms with Crippen LogP contribution in [0.3, 0.4) is 0 Å². The molecule has 1 aromatic heterocycles. The number of anilines is 1. The molecule has 0 spiro atoms. The molecule has 0 saturated carbocycles. The van der Waals surface area contributed by atoms with E-state index in [2.05, 4.69) is 56.2 Å². The van der Waals surface area contributed by atoms with Crippen molar-refractivity contribution in [1.29, 1.82) is 0 Å². The molecule has 3 unspecified atom stereocenters. The number of nitrogens with one attached hydrogen (secondary N) is 1. The van der Waals surface area contributed by atoms with Crippen LogP contribution in [0.25, 0.3) is 0 Å². The van der Waals surface area contributed by atoms with Gasteiger partial charge in [-0.25, -0.2) is 0 Å². The molecule has 3 heteroatoms. The van der Waals surface area contributed by atoms with Crippen molar-refractivity contribution in [3.8, 4) is 0 Å². The summed E-state index contributed by atoms with van der Waals surface area (Å²) >= 11 is 0. The molecular weight excluding hydrogens is 258 g/mol. The van der Waals surface area contributed by atoms with Crippen LogP contribution in [-0.2, 0) is 0 Å². The minimum atomic E-state index is 0.387. The second-order valence-corrected chi connectivity index (χ2v) is 6.71. The van der Waals surface area contributed by atoms with Crippen LogP contribution in [-0.4, -0.2) is 24.6 Å². The highest BCUT2D eigenvalue weighted by Gasteiger charge is 2.22. The summed E-state index contributed by atoms with van der Waals surface area (Å²) in [6.45, 7) is 12.5. The average Bonchev–Trinajstić information content (AvgIpc) is 2.47. The first kappa shape index (κ1) is 16.3. The minimum absolute atomic E-state index is 0.387. The number of aromatic nitrogens is 1. The summed E-state index contributed by atoms with van der Waals surface area (Å²) in [5.74, 6) is 1.56. The smallest absolute Gasteiger partial charge is 0.0574 e. The van der Waals surface area contributed by atoms with Gasteiger partial charge in [-0.3, -0.25) is 4.98 Å². The lowest BCUT2D eigenvalue weighted by Crippen LogP contribution is -2.38. The van der Waals surface area contributed by atoms with Gasteiger partial charge in [-0.2, -0.15) is 0 Å². The lowest BCUT2D eigenvalue weighted by Gasteiger charge is -2.36. The van der Waals surface area contributed by atoms with Gasteiger partial charge < -0.3 is 10.2 Å². The number of pyridine rings is 1. The molecule has 1 fully saturated rings. The van der Waals surface area contributed by atoms with Gasteiger partial charge in [0.05, 0.1) is 17.6 Å². The Labute approximate surface area is 130 Å². The number of piperidine rings is 1. The van der Waals surface area contributed by atoms with Crippen LogP contribution in [0.1, 0.15) is 58.7 Å². The zero-order valence-electron chi connectivity index (χ0n) is 14.1. The van der Waals surface area contributed by atoms with Crippen LogP contribution in [0.4, 0.5) is 5.69 Å². The van der Waals surface area contributed by atoms with E-state index in [-0.39, 0.29) is 0 Å². The third-order valence-electron chi connectivity index (χ3n) is 4.41. The topological polar surface area (TPSA) is 28.2 Å². The second-order valence-electron chi connectivity index (χ2n) is 6.71. The highest BCUT2D eigenvalue weighted by atomic mass is 15.1. The second kappa shape index (κ2) is 7.79. The summed E-state index contributed by atoms with van der Waals surface area (Å²) in [6, 6.07) is 4.85. The number of hydrogen-bond acceptors (Lipinski definition) is 3. The van der Waals surface area contributed by atoms with Crippen LogP contribution >= 0.6 is 0 Å². The van der Waals surface area contributed by atoms with E-state index in [1.54, 1.807) is 0 Å². The summed E-state index contributed by atoms with van der Waals surface area (Å²) in [5.41, 5.74) is 2.45. The molecule has 0 amide bonds. The fourth-order valence-electron chi connectivity index (χ4n) is 3.44.